The molecular weight excluding hydrogens is 330 g/mol. The molecule has 0 radical (unpaired) electrons. The molecule has 0 aromatic heterocycles. The zero-order valence-corrected chi connectivity index (χ0v) is 15.9. The van der Waals surface area contributed by atoms with Crippen LogP contribution < -0.4 is 24.3 Å². The maximum Gasteiger partial charge on any atom is 0.124 e. The van der Waals surface area contributed by atoms with E-state index in [2.05, 4.69) is 24.4 Å². The SMILES string of the molecule is CCOc1cc2c(cc1CNCc1cc(OC)ccc1OC)OC(C)C2. The number of hydrogen-bond donors (Lipinski definition) is 1. The van der Waals surface area contributed by atoms with Crippen LogP contribution in [0.5, 0.6) is 23.0 Å². The molecule has 0 saturated heterocycles. The quantitative estimate of drug-likeness (QED) is 0.780. The maximum atomic E-state index is 5.89. The van der Waals surface area contributed by atoms with Gasteiger partial charge in [0.1, 0.15) is 29.1 Å². The molecule has 0 amide bonds. The zero-order chi connectivity index (χ0) is 18.5. The van der Waals surface area contributed by atoms with Crippen molar-refractivity contribution in [3.05, 3.63) is 47.0 Å². The number of methoxy groups -OCH3 is 2. The monoisotopic (exact) mass is 357 g/mol. The van der Waals surface area contributed by atoms with Gasteiger partial charge >= 0.3 is 0 Å². The van der Waals surface area contributed by atoms with Crippen LogP contribution in [0.3, 0.4) is 0 Å². The summed E-state index contributed by atoms with van der Waals surface area (Å²) in [6.07, 6.45) is 1.16. The van der Waals surface area contributed by atoms with E-state index in [1.54, 1.807) is 14.2 Å². The van der Waals surface area contributed by atoms with Crippen LogP contribution in [-0.4, -0.2) is 26.9 Å². The van der Waals surface area contributed by atoms with Crippen LogP contribution in [0.2, 0.25) is 0 Å². The number of rotatable bonds is 8. The molecule has 0 saturated carbocycles. The fourth-order valence-corrected chi connectivity index (χ4v) is 3.26. The summed E-state index contributed by atoms with van der Waals surface area (Å²) in [7, 11) is 3.34. The number of nitrogens with one attached hydrogen (secondary N) is 1. The minimum atomic E-state index is 0.226. The normalized spacial score (nSPS) is 15.3. The lowest BCUT2D eigenvalue weighted by atomic mass is 10.1. The van der Waals surface area contributed by atoms with E-state index in [9.17, 15) is 0 Å². The van der Waals surface area contributed by atoms with Gasteiger partial charge in [-0.25, -0.2) is 0 Å². The number of ether oxygens (including phenoxy) is 4. The lowest BCUT2D eigenvalue weighted by Gasteiger charge is -2.15. The number of fused-ring (bicyclic) bond motifs is 1. The third kappa shape index (κ3) is 4.05. The molecular formula is C21H27NO4. The summed E-state index contributed by atoms with van der Waals surface area (Å²) in [6, 6.07) is 10.0. The summed E-state index contributed by atoms with van der Waals surface area (Å²) in [6.45, 7) is 6.09. The van der Waals surface area contributed by atoms with E-state index in [0.29, 0.717) is 19.7 Å². The van der Waals surface area contributed by atoms with Gasteiger partial charge in [-0.1, -0.05) is 0 Å². The molecule has 5 nitrogen and oxygen atoms in total. The minimum absolute atomic E-state index is 0.226. The molecule has 0 fully saturated rings. The van der Waals surface area contributed by atoms with Crippen LogP contribution in [0.25, 0.3) is 0 Å². The predicted molar refractivity (Wildman–Crippen MR) is 101 cm³/mol. The molecule has 2 aromatic carbocycles. The Bertz CT molecular complexity index is 760. The molecule has 2 aromatic rings. The highest BCUT2D eigenvalue weighted by atomic mass is 16.5. The van der Waals surface area contributed by atoms with Gasteiger partial charge < -0.3 is 24.3 Å². The molecule has 1 unspecified atom stereocenters. The standard InChI is InChI=1S/C21H27NO4/c1-5-25-20-10-15-8-14(2)26-21(15)11-17(20)13-22-12-16-9-18(23-3)6-7-19(16)24-4/h6-7,9-11,14,22H,5,8,12-13H2,1-4H3. The van der Waals surface area contributed by atoms with Crippen molar-refractivity contribution < 1.29 is 18.9 Å². The maximum absolute atomic E-state index is 5.89. The molecule has 1 heterocycles. The topological polar surface area (TPSA) is 49.0 Å². The Morgan fingerprint density at radius 1 is 1.04 bits per heavy atom. The first-order chi connectivity index (χ1) is 12.6. The van der Waals surface area contributed by atoms with Gasteiger partial charge in [-0.2, -0.15) is 0 Å². The molecule has 3 rings (SSSR count). The molecule has 1 atom stereocenters. The second-order valence-electron chi connectivity index (χ2n) is 6.41. The third-order valence-electron chi connectivity index (χ3n) is 4.50. The summed E-state index contributed by atoms with van der Waals surface area (Å²) in [5.74, 6) is 3.55. The van der Waals surface area contributed by atoms with Gasteiger partial charge in [-0.3, -0.25) is 0 Å². The van der Waals surface area contributed by atoms with Gasteiger partial charge in [-0.15, -0.1) is 0 Å². The van der Waals surface area contributed by atoms with Gasteiger partial charge in [0.25, 0.3) is 0 Å². The highest BCUT2D eigenvalue weighted by Gasteiger charge is 2.21. The van der Waals surface area contributed by atoms with Crippen LogP contribution in [0.15, 0.2) is 30.3 Å². The van der Waals surface area contributed by atoms with Gasteiger partial charge in [0.15, 0.2) is 0 Å². The van der Waals surface area contributed by atoms with E-state index in [0.717, 1.165) is 40.5 Å². The summed E-state index contributed by atoms with van der Waals surface area (Å²) in [5, 5.41) is 3.47. The van der Waals surface area contributed by atoms with Crippen molar-refractivity contribution >= 4 is 0 Å². The lowest BCUT2D eigenvalue weighted by Crippen LogP contribution is -2.14. The van der Waals surface area contributed by atoms with Crippen molar-refractivity contribution in [3.8, 4) is 23.0 Å². The molecule has 1 N–H and O–H groups in total. The Labute approximate surface area is 155 Å². The van der Waals surface area contributed by atoms with Crippen molar-refractivity contribution in [1.82, 2.24) is 5.32 Å². The van der Waals surface area contributed by atoms with Crippen molar-refractivity contribution in [3.63, 3.8) is 0 Å². The zero-order valence-electron chi connectivity index (χ0n) is 15.9. The summed E-state index contributed by atoms with van der Waals surface area (Å²) < 4.78 is 22.5. The van der Waals surface area contributed by atoms with Gasteiger partial charge in [0.2, 0.25) is 0 Å². The molecule has 26 heavy (non-hydrogen) atoms. The minimum Gasteiger partial charge on any atom is -0.497 e. The Balaban J connectivity index is 1.73. The Kier molecular flexibility index (Phi) is 5.89. The van der Waals surface area contributed by atoms with Crippen LogP contribution in [0.4, 0.5) is 0 Å². The number of hydrogen-bond acceptors (Lipinski definition) is 5. The molecule has 0 spiro atoms. The summed E-state index contributed by atoms with van der Waals surface area (Å²) in [4.78, 5) is 0. The van der Waals surface area contributed by atoms with Crippen LogP contribution >= 0.6 is 0 Å². The van der Waals surface area contributed by atoms with Gasteiger partial charge in [0, 0.05) is 36.2 Å². The van der Waals surface area contributed by atoms with E-state index in [-0.39, 0.29) is 6.10 Å². The van der Waals surface area contributed by atoms with Crippen LogP contribution in [0, 0.1) is 0 Å². The summed E-state index contributed by atoms with van der Waals surface area (Å²) >= 11 is 0. The second kappa shape index (κ2) is 8.32. The molecule has 5 heteroatoms. The third-order valence-corrected chi connectivity index (χ3v) is 4.50. The molecule has 1 aliphatic heterocycles. The second-order valence-corrected chi connectivity index (χ2v) is 6.41. The van der Waals surface area contributed by atoms with E-state index in [1.165, 1.54) is 5.56 Å². The van der Waals surface area contributed by atoms with Crippen molar-refractivity contribution in [2.24, 2.45) is 0 Å². The Hall–Kier alpha value is -2.40. The van der Waals surface area contributed by atoms with Gasteiger partial charge in [0.05, 0.1) is 20.8 Å². The first-order valence-electron chi connectivity index (χ1n) is 9.01. The first-order valence-corrected chi connectivity index (χ1v) is 9.01. The fraction of sp³-hybridized carbons (Fsp3) is 0.429. The largest absolute Gasteiger partial charge is 0.497 e. The number of benzene rings is 2. The predicted octanol–water partition coefficient (Wildman–Crippen LogP) is 3.72. The Morgan fingerprint density at radius 3 is 2.50 bits per heavy atom. The van der Waals surface area contributed by atoms with Crippen molar-refractivity contribution in [1.29, 1.82) is 0 Å². The van der Waals surface area contributed by atoms with E-state index < -0.39 is 0 Å². The fourth-order valence-electron chi connectivity index (χ4n) is 3.26. The molecule has 1 aliphatic rings. The van der Waals surface area contributed by atoms with Crippen molar-refractivity contribution in [2.75, 3.05) is 20.8 Å². The Morgan fingerprint density at radius 2 is 1.81 bits per heavy atom. The van der Waals surface area contributed by atoms with E-state index in [1.807, 2.05) is 25.1 Å². The highest BCUT2D eigenvalue weighted by molar-refractivity contribution is 5.49. The average molecular weight is 357 g/mol. The van der Waals surface area contributed by atoms with E-state index >= 15 is 0 Å². The highest BCUT2D eigenvalue weighted by Crippen LogP contribution is 2.35. The van der Waals surface area contributed by atoms with Gasteiger partial charge in [-0.05, 0) is 44.2 Å². The van der Waals surface area contributed by atoms with Crippen molar-refractivity contribution in [2.45, 2.75) is 39.5 Å². The molecule has 0 aliphatic carbocycles. The first kappa shape index (κ1) is 18.4. The molecule has 140 valence electrons. The molecule has 0 bridgehead atoms. The summed E-state index contributed by atoms with van der Waals surface area (Å²) in [5.41, 5.74) is 3.37. The van der Waals surface area contributed by atoms with Crippen LogP contribution in [-0.2, 0) is 19.5 Å². The average Bonchev–Trinajstić information content (AvgIpc) is 3.00. The van der Waals surface area contributed by atoms with E-state index in [4.69, 9.17) is 18.9 Å². The lowest BCUT2D eigenvalue weighted by molar-refractivity contribution is 0.254. The smallest absolute Gasteiger partial charge is 0.124 e. The van der Waals surface area contributed by atoms with Crippen LogP contribution in [0.1, 0.15) is 30.5 Å².